The Morgan fingerprint density at radius 3 is 2.65 bits per heavy atom. The van der Waals surface area contributed by atoms with Crippen molar-refractivity contribution in [1.82, 2.24) is 5.32 Å². The lowest BCUT2D eigenvalue weighted by atomic mass is 10.1. The van der Waals surface area contributed by atoms with Crippen molar-refractivity contribution >= 4 is 28.5 Å². The van der Waals surface area contributed by atoms with Gasteiger partial charge in [-0.15, -0.1) is 0 Å². The van der Waals surface area contributed by atoms with Crippen molar-refractivity contribution in [1.29, 1.82) is 0 Å². The van der Waals surface area contributed by atoms with E-state index in [9.17, 15) is 18.0 Å². The Labute approximate surface area is 111 Å². The van der Waals surface area contributed by atoms with Gasteiger partial charge in [0.05, 0.1) is 5.56 Å². The molecular weight excluding hydrogens is 346 g/mol. The summed E-state index contributed by atoms with van der Waals surface area (Å²) in [5.74, 6) is -0.471. The van der Waals surface area contributed by atoms with Gasteiger partial charge in [0.1, 0.15) is 0 Å². The lowest BCUT2D eigenvalue weighted by Crippen LogP contribution is -2.25. The van der Waals surface area contributed by atoms with Gasteiger partial charge in [0.2, 0.25) is 0 Å². The average Bonchev–Trinajstić information content (AvgIpc) is 2.28. The van der Waals surface area contributed by atoms with E-state index in [0.717, 1.165) is 23.0 Å². The molecule has 94 valence electrons. The average molecular weight is 357 g/mol. The number of hydrogen-bond donors (Lipinski definition) is 1. The van der Waals surface area contributed by atoms with Crippen LogP contribution in [0.4, 0.5) is 13.2 Å². The van der Waals surface area contributed by atoms with Crippen LogP contribution < -0.4 is 5.32 Å². The molecule has 0 bridgehead atoms. The summed E-state index contributed by atoms with van der Waals surface area (Å²) in [7, 11) is 0. The highest BCUT2D eigenvalue weighted by Gasteiger charge is 2.30. The Hall–Kier alpha value is -0.790. The first-order valence-electron chi connectivity index (χ1n) is 4.96. The SMILES string of the molecule is O=C(NCCCI)c1cccc(C(F)(F)F)c1. The number of rotatable bonds is 4. The Kier molecular flexibility index (Phi) is 5.23. The van der Waals surface area contributed by atoms with Crippen molar-refractivity contribution in [2.24, 2.45) is 0 Å². The summed E-state index contributed by atoms with van der Waals surface area (Å²) in [5.41, 5.74) is -0.771. The minimum atomic E-state index is -4.42. The Bertz CT molecular complexity index is 393. The molecule has 17 heavy (non-hydrogen) atoms. The summed E-state index contributed by atoms with van der Waals surface area (Å²) in [6, 6.07) is 4.41. The topological polar surface area (TPSA) is 29.1 Å². The Morgan fingerprint density at radius 1 is 1.35 bits per heavy atom. The minimum Gasteiger partial charge on any atom is -0.352 e. The first-order chi connectivity index (χ1) is 7.95. The highest BCUT2D eigenvalue weighted by atomic mass is 127. The number of amides is 1. The molecule has 2 nitrogen and oxygen atoms in total. The van der Waals surface area contributed by atoms with Gasteiger partial charge in [-0.05, 0) is 24.6 Å². The molecule has 0 aliphatic heterocycles. The van der Waals surface area contributed by atoms with Gasteiger partial charge in [0.15, 0.2) is 0 Å². The smallest absolute Gasteiger partial charge is 0.352 e. The third kappa shape index (κ3) is 4.53. The molecule has 1 aromatic carbocycles. The highest BCUT2D eigenvalue weighted by Crippen LogP contribution is 2.29. The van der Waals surface area contributed by atoms with Crippen LogP contribution in [0.25, 0.3) is 0 Å². The summed E-state index contributed by atoms with van der Waals surface area (Å²) in [5, 5.41) is 2.57. The molecule has 0 atom stereocenters. The van der Waals surface area contributed by atoms with E-state index in [1.807, 2.05) is 0 Å². The summed E-state index contributed by atoms with van der Waals surface area (Å²) < 4.78 is 38.1. The fourth-order valence-corrected chi connectivity index (χ4v) is 1.59. The summed E-state index contributed by atoms with van der Waals surface area (Å²) in [6.45, 7) is 0.470. The number of halogens is 4. The van der Waals surface area contributed by atoms with Gasteiger partial charge >= 0.3 is 6.18 Å². The molecule has 0 aliphatic carbocycles. The van der Waals surface area contributed by atoms with Gasteiger partial charge in [-0.25, -0.2) is 0 Å². The van der Waals surface area contributed by atoms with Crippen molar-refractivity contribution in [2.45, 2.75) is 12.6 Å². The molecule has 0 aromatic heterocycles. The Morgan fingerprint density at radius 2 is 2.06 bits per heavy atom. The lowest BCUT2D eigenvalue weighted by Gasteiger charge is -2.08. The molecule has 0 saturated carbocycles. The van der Waals surface area contributed by atoms with Gasteiger partial charge in [-0.2, -0.15) is 13.2 Å². The van der Waals surface area contributed by atoms with Crippen molar-refractivity contribution in [2.75, 3.05) is 11.0 Å². The molecule has 0 fully saturated rings. The highest BCUT2D eigenvalue weighted by molar-refractivity contribution is 14.1. The summed E-state index contributed by atoms with van der Waals surface area (Å²) in [4.78, 5) is 11.5. The van der Waals surface area contributed by atoms with E-state index in [2.05, 4.69) is 27.9 Å². The zero-order valence-corrected chi connectivity index (χ0v) is 11.0. The third-order valence-electron chi connectivity index (χ3n) is 2.05. The summed E-state index contributed by atoms with van der Waals surface area (Å²) in [6.07, 6.45) is -3.62. The van der Waals surface area contributed by atoms with Gasteiger partial charge in [-0.1, -0.05) is 28.7 Å². The van der Waals surface area contributed by atoms with Crippen LogP contribution in [-0.4, -0.2) is 16.9 Å². The molecule has 0 radical (unpaired) electrons. The quantitative estimate of drug-likeness (QED) is 0.500. The maximum atomic E-state index is 12.4. The second kappa shape index (κ2) is 6.23. The molecule has 6 heteroatoms. The second-order valence-corrected chi connectivity index (χ2v) is 4.46. The number of alkyl halides is 4. The molecule has 1 aromatic rings. The normalized spacial score (nSPS) is 11.3. The van der Waals surface area contributed by atoms with Crippen LogP contribution in [0.5, 0.6) is 0 Å². The molecule has 1 rings (SSSR count). The van der Waals surface area contributed by atoms with Gasteiger partial charge < -0.3 is 5.32 Å². The van der Waals surface area contributed by atoms with E-state index in [1.54, 1.807) is 0 Å². The molecular formula is C11H11F3INO. The van der Waals surface area contributed by atoms with Crippen LogP contribution in [0.3, 0.4) is 0 Å². The van der Waals surface area contributed by atoms with Crippen LogP contribution in [0.15, 0.2) is 24.3 Å². The molecule has 0 spiro atoms. The van der Waals surface area contributed by atoms with Crippen LogP contribution in [0.1, 0.15) is 22.3 Å². The van der Waals surface area contributed by atoms with Gasteiger partial charge in [0, 0.05) is 16.5 Å². The predicted octanol–water partition coefficient (Wildman–Crippen LogP) is 3.26. The van der Waals surface area contributed by atoms with E-state index in [0.29, 0.717) is 6.54 Å². The molecule has 0 heterocycles. The number of benzene rings is 1. The first kappa shape index (κ1) is 14.3. The lowest BCUT2D eigenvalue weighted by molar-refractivity contribution is -0.137. The minimum absolute atomic E-state index is 0.0354. The molecule has 1 amide bonds. The maximum Gasteiger partial charge on any atom is 0.416 e. The van der Waals surface area contributed by atoms with Crippen LogP contribution in [0, 0.1) is 0 Å². The number of hydrogen-bond acceptors (Lipinski definition) is 1. The Balaban J connectivity index is 2.74. The fraction of sp³-hybridized carbons (Fsp3) is 0.364. The largest absolute Gasteiger partial charge is 0.416 e. The molecule has 0 aliphatic rings. The zero-order chi connectivity index (χ0) is 12.9. The molecule has 0 saturated heterocycles. The first-order valence-corrected chi connectivity index (χ1v) is 6.49. The third-order valence-corrected chi connectivity index (χ3v) is 2.81. The van der Waals surface area contributed by atoms with Crippen LogP contribution >= 0.6 is 22.6 Å². The van der Waals surface area contributed by atoms with E-state index < -0.39 is 17.6 Å². The second-order valence-electron chi connectivity index (χ2n) is 3.38. The van der Waals surface area contributed by atoms with E-state index in [4.69, 9.17) is 0 Å². The standard InChI is InChI=1S/C11H11F3INO/c12-11(13,14)9-4-1-3-8(7-9)10(17)16-6-2-5-15/h1,3-4,7H,2,5-6H2,(H,16,17). The summed E-state index contributed by atoms with van der Waals surface area (Å²) >= 11 is 2.16. The number of carbonyl (C=O) groups is 1. The maximum absolute atomic E-state index is 12.4. The van der Waals surface area contributed by atoms with Crippen LogP contribution in [0.2, 0.25) is 0 Å². The molecule has 0 unspecified atom stereocenters. The monoisotopic (exact) mass is 357 g/mol. The predicted molar refractivity (Wildman–Crippen MR) is 67.3 cm³/mol. The van der Waals surface area contributed by atoms with Crippen molar-refractivity contribution in [3.8, 4) is 0 Å². The van der Waals surface area contributed by atoms with Gasteiger partial charge in [0.25, 0.3) is 5.91 Å². The van der Waals surface area contributed by atoms with Gasteiger partial charge in [-0.3, -0.25) is 4.79 Å². The van der Waals surface area contributed by atoms with E-state index >= 15 is 0 Å². The number of carbonyl (C=O) groups excluding carboxylic acids is 1. The van der Waals surface area contributed by atoms with E-state index in [1.165, 1.54) is 12.1 Å². The fourth-order valence-electron chi connectivity index (χ4n) is 1.21. The van der Waals surface area contributed by atoms with Crippen molar-refractivity contribution in [3.05, 3.63) is 35.4 Å². The van der Waals surface area contributed by atoms with E-state index in [-0.39, 0.29) is 5.56 Å². The zero-order valence-electron chi connectivity index (χ0n) is 8.85. The van der Waals surface area contributed by atoms with Crippen molar-refractivity contribution in [3.63, 3.8) is 0 Å². The number of nitrogens with one attached hydrogen (secondary N) is 1. The molecule has 1 N–H and O–H groups in total. The van der Waals surface area contributed by atoms with Crippen molar-refractivity contribution < 1.29 is 18.0 Å². The van der Waals surface area contributed by atoms with Crippen LogP contribution in [-0.2, 0) is 6.18 Å².